The van der Waals surface area contributed by atoms with Crippen LogP contribution < -0.4 is 4.74 Å². The fourth-order valence-corrected chi connectivity index (χ4v) is 6.96. The van der Waals surface area contributed by atoms with Crippen LogP contribution in [0.15, 0.2) is 42.5 Å². The molecular weight excluding hydrogens is 564 g/mol. The number of piperidine rings is 1. The van der Waals surface area contributed by atoms with Crippen LogP contribution in [0.1, 0.15) is 86.5 Å². The van der Waals surface area contributed by atoms with E-state index in [9.17, 15) is 27.9 Å². The molecule has 3 fully saturated rings. The van der Waals surface area contributed by atoms with Crippen molar-refractivity contribution in [2.24, 2.45) is 5.92 Å². The average Bonchev–Trinajstić information content (AvgIpc) is 3.30. The maximum Gasteiger partial charge on any atom is 0.416 e. The van der Waals surface area contributed by atoms with E-state index in [-0.39, 0.29) is 23.9 Å². The molecular formula is C33H40F4N2O4. The van der Waals surface area contributed by atoms with Gasteiger partial charge in [0.2, 0.25) is 5.67 Å². The third-order valence-corrected chi connectivity index (χ3v) is 9.76. The summed E-state index contributed by atoms with van der Waals surface area (Å²) in [7, 11) is 1.56. The van der Waals surface area contributed by atoms with E-state index in [0.717, 1.165) is 17.2 Å². The number of hydrogen-bond donors (Lipinski definition) is 1. The number of halogens is 4. The fourth-order valence-electron chi connectivity index (χ4n) is 6.96. The maximum absolute atomic E-state index is 17.1. The van der Waals surface area contributed by atoms with Crippen molar-refractivity contribution in [1.82, 2.24) is 9.80 Å². The molecule has 1 aliphatic carbocycles. The molecule has 2 atom stereocenters. The van der Waals surface area contributed by atoms with Crippen molar-refractivity contribution >= 4 is 11.9 Å². The van der Waals surface area contributed by atoms with Gasteiger partial charge in [-0.25, -0.2) is 4.39 Å². The normalized spacial score (nSPS) is 27.2. The van der Waals surface area contributed by atoms with Crippen molar-refractivity contribution in [2.45, 2.75) is 81.6 Å². The van der Waals surface area contributed by atoms with Crippen molar-refractivity contribution < 1.29 is 37.0 Å². The highest BCUT2D eigenvalue weighted by molar-refractivity contribution is 5.87. The molecule has 6 nitrogen and oxygen atoms in total. The third-order valence-electron chi connectivity index (χ3n) is 9.76. The molecule has 2 saturated heterocycles. The molecule has 2 heterocycles. The van der Waals surface area contributed by atoms with Crippen LogP contribution in [0.3, 0.4) is 0 Å². The number of methoxy groups -OCH3 is 1. The summed E-state index contributed by atoms with van der Waals surface area (Å²) in [5.41, 5.74) is -1.16. The Labute approximate surface area is 250 Å². The number of ether oxygens (including phenoxy) is 1. The zero-order chi connectivity index (χ0) is 31.3. The van der Waals surface area contributed by atoms with Crippen LogP contribution in [-0.4, -0.2) is 71.3 Å². The minimum atomic E-state index is -4.50. The topological polar surface area (TPSA) is 70.1 Å². The number of carbonyl (C=O) groups excluding carboxylic acids is 1. The van der Waals surface area contributed by atoms with Crippen molar-refractivity contribution in [3.8, 4) is 5.75 Å². The number of rotatable bonds is 6. The first-order valence-electron chi connectivity index (χ1n) is 14.9. The van der Waals surface area contributed by atoms with Gasteiger partial charge in [-0.15, -0.1) is 0 Å². The molecule has 10 heteroatoms. The van der Waals surface area contributed by atoms with Crippen LogP contribution in [-0.2, 0) is 15.8 Å². The van der Waals surface area contributed by atoms with Crippen molar-refractivity contribution in [3.05, 3.63) is 64.7 Å². The molecule has 0 aromatic heterocycles. The van der Waals surface area contributed by atoms with Gasteiger partial charge in [-0.05, 0) is 99.2 Å². The number of likely N-dealkylation sites (tertiary alicyclic amines) is 2. The van der Waals surface area contributed by atoms with Gasteiger partial charge < -0.3 is 14.7 Å². The summed E-state index contributed by atoms with van der Waals surface area (Å²) in [6.45, 7) is 6.96. The van der Waals surface area contributed by atoms with Crippen LogP contribution >= 0.6 is 0 Å². The minimum absolute atomic E-state index is 0.0264. The Morgan fingerprint density at radius 3 is 2.12 bits per heavy atom. The Kier molecular flexibility index (Phi) is 8.31. The molecule has 3 aliphatic rings. The number of alkyl halides is 4. The smallest absolute Gasteiger partial charge is 0.416 e. The van der Waals surface area contributed by atoms with Crippen molar-refractivity contribution in [1.29, 1.82) is 0 Å². The zero-order valence-corrected chi connectivity index (χ0v) is 25.1. The Hall–Kier alpha value is -3.14. The molecule has 2 aromatic rings. The van der Waals surface area contributed by atoms with Crippen LogP contribution in [0.25, 0.3) is 0 Å². The van der Waals surface area contributed by atoms with Gasteiger partial charge in [-0.3, -0.25) is 14.5 Å². The number of amides is 1. The lowest BCUT2D eigenvalue weighted by atomic mass is 9.68. The molecule has 0 spiro atoms. The molecule has 5 rings (SSSR count). The first kappa shape index (κ1) is 31.3. The molecule has 43 heavy (non-hydrogen) atoms. The molecule has 1 N–H and O–H groups in total. The van der Waals surface area contributed by atoms with Gasteiger partial charge in [0.25, 0.3) is 5.91 Å². The first-order chi connectivity index (χ1) is 20.1. The number of aliphatic carboxylic acids is 1. The van der Waals surface area contributed by atoms with E-state index in [1.54, 1.807) is 24.1 Å². The van der Waals surface area contributed by atoms with Crippen LogP contribution in [0, 0.1) is 5.92 Å². The summed E-state index contributed by atoms with van der Waals surface area (Å²) in [6.07, 6.45) is -2.90. The number of nitrogens with zero attached hydrogens (tertiary/aromatic N) is 2. The monoisotopic (exact) mass is 604 g/mol. The molecule has 0 radical (unpaired) electrons. The molecule has 2 aromatic carbocycles. The summed E-state index contributed by atoms with van der Waals surface area (Å²) in [6, 6.07) is 10.9. The largest absolute Gasteiger partial charge is 0.497 e. The Morgan fingerprint density at radius 2 is 1.58 bits per heavy atom. The number of carboxylic acids is 1. The predicted octanol–water partition coefficient (Wildman–Crippen LogP) is 6.60. The Morgan fingerprint density at radius 1 is 0.953 bits per heavy atom. The standard InChI is InChI=1S/C33H40F4N2O4/c1-31(2,3)39-18-28(21-5-8-25(43-4)9-6-21)32(34,19-39)30(42)38-13-11-20(12-14-38)26-10-7-24(33(35,36)37)17-27(26)22-15-23(16-22)29(40)41/h5-10,17,20,22-23,28H,11-16,18-19H2,1-4H3,(H,40,41)/t22-,23+,28-,32-/m0/s1. The second kappa shape index (κ2) is 11.4. The highest BCUT2D eigenvalue weighted by Crippen LogP contribution is 2.48. The van der Waals surface area contributed by atoms with Crippen LogP contribution in [0.4, 0.5) is 17.6 Å². The van der Waals surface area contributed by atoms with Gasteiger partial charge in [0.1, 0.15) is 5.75 Å². The lowest BCUT2D eigenvalue weighted by molar-refractivity contribution is -0.146. The summed E-state index contributed by atoms with van der Waals surface area (Å²) in [4.78, 5) is 28.9. The third kappa shape index (κ3) is 6.12. The van der Waals surface area contributed by atoms with E-state index in [1.165, 1.54) is 12.1 Å². The Bertz CT molecular complexity index is 1340. The van der Waals surface area contributed by atoms with Crippen LogP contribution in [0.2, 0.25) is 0 Å². The van der Waals surface area contributed by atoms with Gasteiger partial charge in [0, 0.05) is 37.6 Å². The highest BCUT2D eigenvalue weighted by Gasteiger charge is 2.57. The van der Waals surface area contributed by atoms with Gasteiger partial charge in [0.05, 0.1) is 18.6 Å². The zero-order valence-electron chi connectivity index (χ0n) is 25.1. The van der Waals surface area contributed by atoms with Gasteiger partial charge in [0.15, 0.2) is 0 Å². The van der Waals surface area contributed by atoms with E-state index in [0.29, 0.717) is 56.6 Å². The number of carbonyl (C=O) groups is 2. The molecule has 1 saturated carbocycles. The summed E-state index contributed by atoms with van der Waals surface area (Å²) in [5, 5.41) is 9.31. The molecule has 234 valence electrons. The van der Waals surface area contributed by atoms with Crippen molar-refractivity contribution in [3.63, 3.8) is 0 Å². The van der Waals surface area contributed by atoms with Crippen molar-refractivity contribution in [2.75, 3.05) is 33.3 Å². The maximum atomic E-state index is 17.1. The van der Waals surface area contributed by atoms with E-state index >= 15 is 4.39 Å². The first-order valence-corrected chi connectivity index (χ1v) is 14.9. The summed E-state index contributed by atoms with van der Waals surface area (Å²) in [5.74, 6) is -2.39. The second-order valence-electron chi connectivity index (χ2n) is 13.4. The lowest BCUT2D eigenvalue weighted by Crippen LogP contribution is -2.53. The summed E-state index contributed by atoms with van der Waals surface area (Å²) >= 11 is 0. The van der Waals surface area contributed by atoms with E-state index in [4.69, 9.17) is 4.74 Å². The van der Waals surface area contributed by atoms with Gasteiger partial charge >= 0.3 is 12.1 Å². The minimum Gasteiger partial charge on any atom is -0.497 e. The number of hydrogen-bond acceptors (Lipinski definition) is 4. The van der Waals surface area contributed by atoms with E-state index < -0.39 is 41.1 Å². The Balaban J connectivity index is 1.35. The van der Waals surface area contributed by atoms with Crippen LogP contribution in [0.5, 0.6) is 5.75 Å². The molecule has 0 unspecified atom stereocenters. The number of benzene rings is 2. The quantitative estimate of drug-likeness (QED) is 0.376. The fraction of sp³-hybridized carbons (Fsp3) is 0.576. The molecule has 2 aliphatic heterocycles. The molecule has 1 amide bonds. The van der Waals surface area contributed by atoms with E-state index in [1.807, 2.05) is 37.8 Å². The second-order valence-corrected chi connectivity index (χ2v) is 13.4. The average molecular weight is 605 g/mol. The van der Waals surface area contributed by atoms with Gasteiger partial charge in [-0.1, -0.05) is 18.2 Å². The SMILES string of the molecule is COc1ccc([C@@H]2CN(C(C)(C)C)C[C@@]2(F)C(=O)N2CCC(c3ccc(C(F)(F)F)cc3[C@H]3C[C@@H](C(=O)O)C3)CC2)cc1. The molecule has 0 bridgehead atoms. The predicted molar refractivity (Wildman–Crippen MR) is 154 cm³/mol. The number of carboxylic acid groups (broad SMARTS) is 1. The lowest BCUT2D eigenvalue weighted by Gasteiger charge is -2.39. The summed E-state index contributed by atoms with van der Waals surface area (Å²) < 4.78 is 63.0. The highest BCUT2D eigenvalue weighted by atomic mass is 19.4. The van der Waals surface area contributed by atoms with E-state index in [2.05, 4.69) is 0 Å². The van der Waals surface area contributed by atoms with Gasteiger partial charge in [-0.2, -0.15) is 13.2 Å².